The molecule has 186 valence electrons. The predicted molar refractivity (Wildman–Crippen MR) is 127 cm³/mol. The highest BCUT2D eigenvalue weighted by molar-refractivity contribution is 9.10. The molecule has 0 saturated heterocycles. The molecule has 0 aliphatic heterocycles. The van der Waals surface area contributed by atoms with Crippen molar-refractivity contribution in [2.75, 3.05) is 11.1 Å². The molecule has 1 aromatic heterocycles. The number of carbonyl (C=O) groups is 2. The quantitative estimate of drug-likeness (QED) is 0.215. The number of nitrogens with two attached hydrogens (primary N) is 1. The van der Waals surface area contributed by atoms with Crippen LogP contribution in [0, 0.1) is 11.6 Å². The molecule has 0 radical (unpaired) electrons. The molecule has 0 fully saturated rings. The first-order valence-corrected chi connectivity index (χ1v) is 11.1. The number of carbonyl (C=O) groups excluding carboxylic acids is 2. The van der Waals surface area contributed by atoms with Gasteiger partial charge in [-0.15, -0.1) is 0 Å². The summed E-state index contributed by atoms with van der Waals surface area (Å²) in [4.78, 5) is 26.4. The maximum Gasteiger partial charge on any atom is 0.416 e. The summed E-state index contributed by atoms with van der Waals surface area (Å²) in [6.07, 6.45) is -4.90. The number of aryl methyl sites for hydroxylation is 1. The second-order valence-corrected chi connectivity index (χ2v) is 8.85. The van der Waals surface area contributed by atoms with E-state index in [4.69, 9.17) is 17.3 Å². The van der Waals surface area contributed by atoms with Crippen LogP contribution in [0.4, 0.5) is 33.5 Å². The minimum Gasteiger partial charge on any atom is -0.383 e. The third kappa shape index (κ3) is 4.65. The van der Waals surface area contributed by atoms with Gasteiger partial charge in [0.15, 0.2) is 5.78 Å². The molecule has 0 aliphatic rings. The largest absolute Gasteiger partial charge is 0.416 e. The monoisotopic (exact) mass is 586 g/mol. The van der Waals surface area contributed by atoms with Gasteiger partial charge in [-0.25, -0.2) is 8.78 Å². The van der Waals surface area contributed by atoms with Gasteiger partial charge >= 0.3 is 6.18 Å². The predicted octanol–water partition coefficient (Wildman–Crippen LogP) is 6.35. The molecule has 4 rings (SSSR count). The summed E-state index contributed by atoms with van der Waals surface area (Å²) >= 11 is 9.36. The molecule has 4 aromatic rings. The molecule has 1 heterocycles. The van der Waals surface area contributed by atoms with Crippen molar-refractivity contribution in [1.29, 1.82) is 0 Å². The molecule has 0 bridgehead atoms. The molecular weight excluding hydrogens is 575 g/mol. The standard InChI is InChI=1S/C23H13BrClF5N4O2/c1-34-21(31)14-8-16(32-22(36)9-4-10(23(28,29)30)6-12(27)5-9)17(18(24)19(14)33-34)20(35)13-7-11(26)2-3-15(13)25/h2-8H,31H2,1H3,(H,32,36). The fraction of sp³-hybridized carbons (Fsp3) is 0.0870. The normalized spacial score (nSPS) is 11.7. The van der Waals surface area contributed by atoms with E-state index in [-0.39, 0.29) is 49.1 Å². The summed E-state index contributed by atoms with van der Waals surface area (Å²) in [6, 6.07) is 5.71. The topological polar surface area (TPSA) is 90.0 Å². The van der Waals surface area contributed by atoms with E-state index in [1.54, 1.807) is 0 Å². The molecule has 3 N–H and O–H groups in total. The maximum atomic E-state index is 13.9. The average molecular weight is 588 g/mol. The summed E-state index contributed by atoms with van der Waals surface area (Å²) in [5.74, 6) is -3.87. The van der Waals surface area contributed by atoms with Gasteiger partial charge in [0.2, 0.25) is 0 Å². The number of anilines is 2. The van der Waals surface area contributed by atoms with Gasteiger partial charge in [-0.2, -0.15) is 18.3 Å². The second kappa shape index (κ2) is 9.17. The molecular formula is C23H13BrClF5N4O2. The lowest BCUT2D eigenvalue weighted by Crippen LogP contribution is -2.17. The number of nitrogen functional groups attached to an aromatic ring is 1. The molecule has 0 aliphatic carbocycles. The number of nitrogens with one attached hydrogen (secondary N) is 1. The lowest BCUT2D eigenvalue weighted by atomic mass is 9.99. The van der Waals surface area contributed by atoms with Gasteiger partial charge in [-0.1, -0.05) is 11.6 Å². The van der Waals surface area contributed by atoms with Crippen molar-refractivity contribution >= 4 is 61.6 Å². The van der Waals surface area contributed by atoms with E-state index in [1.807, 2.05) is 0 Å². The number of hydrogen-bond acceptors (Lipinski definition) is 4. The number of aromatic nitrogens is 2. The number of benzene rings is 3. The van der Waals surface area contributed by atoms with Gasteiger partial charge in [0.25, 0.3) is 5.91 Å². The minimum atomic E-state index is -4.90. The van der Waals surface area contributed by atoms with Crippen LogP contribution in [0.2, 0.25) is 5.02 Å². The maximum absolute atomic E-state index is 13.9. The van der Waals surface area contributed by atoms with Gasteiger partial charge in [-0.05, 0) is 58.4 Å². The highest BCUT2D eigenvalue weighted by Gasteiger charge is 2.32. The van der Waals surface area contributed by atoms with E-state index in [9.17, 15) is 31.5 Å². The van der Waals surface area contributed by atoms with Crippen molar-refractivity contribution in [3.05, 3.63) is 85.8 Å². The average Bonchev–Trinajstić information content (AvgIpc) is 3.08. The Labute approximate surface area is 213 Å². The Balaban J connectivity index is 1.90. The van der Waals surface area contributed by atoms with Gasteiger partial charge < -0.3 is 11.1 Å². The number of nitrogens with zero attached hydrogens (tertiary/aromatic N) is 2. The molecule has 0 saturated carbocycles. The van der Waals surface area contributed by atoms with E-state index in [0.717, 1.165) is 12.1 Å². The number of hydrogen-bond donors (Lipinski definition) is 2. The summed E-state index contributed by atoms with van der Waals surface area (Å²) in [5.41, 5.74) is 3.53. The fourth-order valence-corrected chi connectivity index (χ4v) is 4.41. The second-order valence-electron chi connectivity index (χ2n) is 7.65. The van der Waals surface area contributed by atoms with Crippen LogP contribution >= 0.6 is 27.5 Å². The van der Waals surface area contributed by atoms with Crippen molar-refractivity contribution in [1.82, 2.24) is 9.78 Å². The Morgan fingerprint density at radius 1 is 1.08 bits per heavy atom. The first-order chi connectivity index (χ1) is 16.8. The number of alkyl halides is 3. The van der Waals surface area contributed by atoms with Crippen LogP contribution in [-0.2, 0) is 13.2 Å². The van der Waals surface area contributed by atoms with Crippen LogP contribution in [0.25, 0.3) is 10.9 Å². The Morgan fingerprint density at radius 2 is 1.78 bits per heavy atom. The van der Waals surface area contributed by atoms with E-state index in [2.05, 4.69) is 26.3 Å². The third-order valence-corrected chi connectivity index (χ3v) is 6.35. The first-order valence-electron chi connectivity index (χ1n) is 9.91. The number of ketones is 1. The van der Waals surface area contributed by atoms with Crippen molar-refractivity contribution in [3.63, 3.8) is 0 Å². The van der Waals surface area contributed by atoms with E-state index in [0.29, 0.717) is 12.1 Å². The van der Waals surface area contributed by atoms with E-state index < -0.39 is 40.6 Å². The smallest absolute Gasteiger partial charge is 0.383 e. The minimum absolute atomic E-state index is 0.0585. The van der Waals surface area contributed by atoms with Gasteiger partial charge in [0.05, 0.1) is 26.3 Å². The Bertz CT molecular complexity index is 1570. The summed E-state index contributed by atoms with van der Waals surface area (Å²) in [7, 11) is 1.52. The highest BCUT2D eigenvalue weighted by Crippen LogP contribution is 2.38. The van der Waals surface area contributed by atoms with E-state index in [1.165, 1.54) is 23.9 Å². The third-order valence-electron chi connectivity index (χ3n) is 5.25. The van der Waals surface area contributed by atoms with Crippen molar-refractivity contribution in [2.24, 2.45) is 7.05 Å². The molecule has 0 atom stereocenters. The summed E-state index contributed by atoms with van der Waals surface area (Å²) in [6.45, 7) is 0. The van der Waals surface area contributed by atoms with Gasteiger partial charge in [0.1, 0.15) is 23.0 Å². The zero-order valence-electron chi connectivity index (χ0n) is 18.0. The molecule has 13 heteroatoms. The molecule has 6 nitrogen and oxygen atoms in total. The lowest BCUT2D eigenvalue weighted by Gasteiger charge is -2.15. The Morgan fingerprint density at radius 3 is 2.44 bits per heavy atom. The van der Waals surface area contributed by atoms with Crippen molar-refractivity contribution in [3.8, 4) is 0 Å². The number of amides is 1. The van der Waals surface area contributed by atoms with Gasteiger partial charge in [0, 0.05) is 23.6 Å². The van der Waals surface area contributed by atoms with Crippen LogP contribution in [0.1, 0.15) is 31.8 Å². The van der Waals surface area contributed by atoms with Crippen LogP contribution in [0.5, 0.6) is 0 Å². The number of rotatable bonds is 4. The lowest BCUT2D eigenvalue weighted by molar-refractivity contribution is -0.137. The number of fused-ring (bicyclic) bond motifs is 1. The van der Waals surface area contributed by atoms with Gasteiger partial charge in [-0.3, -0.25) is 14.3 Å². The highest BCUT2D eigenvalue weighted by atomic mass is 79.9. The molecule has 0 unspecified atom stereocenters. The zero-order chi connectivity index (χ0) is 26.5. The van der Waals surface area contributed by atoms with Crippen molar-refractivity contribution < 1.29 is 31.5 Å². The summed E-state index contributed by atoms with van der Waals surface area (Å²) < 4.78 is 68.5. The van der Waals surface area contributed by atoms with Crippen LogP contribution in [0.15, 0.2) is 46.9 Å². The number of halogens is 7. The van der Waals surface area contributed by atoms with E-state index >= 15 is 0 Å². The van der Waals surface area contributed by atoms with Crippen molar-refractivity contribution in [2.45, 2.75) is 6.18 Å². The first kappa shape index (κ1) is 25.6. The van der Waals surface area contributed by atoms with Crippen LogP contribution in [-0.4, -0.2) is 21.5 Å². The van der Waals surface area contributed by atoms with Crippen LogP contribution in [0.3, 0.4) is 0 Å². The summed E-state index contributed by atoms with van der Waals surface area (Å²) in [5, 5.41) is 6.75. The Hall–Kier alpha value is -3.51. The zero-order valence-corrected chi connectivity index (χ0v) is 20.3. The molecule has 1 amide bonds. The fourth-order valence-electron chi connectivity index (χ4n) is 3.52. The molecule has 36 heavy (non-hydrogen) atoms. The SMILES string of the molecule is Cn1nc2c(Br)c(C(=O)c3cc(F)ccc3Cl)c(NC(=O)c3cc(F)cc(C(F)(F)F)c3)cc2c1N. The Kier molecular flexibility index (Phi) is 6.52. The van der Waals surface area contributed by atoms with Crippen LogP contribution < -0.4 is 11.1 Å². The molecule has 3 aromatic carbocycles. The molecule has 0 spiro atoms.